The zero-order valence-corrected chi connectivity index (χ0v) is 27.6. The van der Waals surface area contributed by atoms with Crippen LogP contribution in [0.3, 0.4) is 0 Å². The highest BCUT2D eigenvalue weighted by Crippen LogP contribution is 2.30. The molecule has 0 bridgehead atoms. The molecule has 6 aromatic rings. The monoisotopic (exact) mass is 674 g/mol. The molecular weight excluding hydrogens is 645 g/mol. The van der Waals surface area contributed by atoms with E-state index in [0.29, 0.717) is 27.9 Å². The summed E-state index contributed by atoms with van der Waals surface area (Å²) in [6.07, 6.45) is 1.50. The largest absolute Gasteiger partial charge is 0.497 e. The molecule has 3 N–H and O–H groups in total. The van der Waals surface area contributed by atoms with Gasteiger partial charge in [0.25, 0.3) is 11.8 Å². The van der Waals surface area contributed by atoms with Crippen LogP contribution in [-0.2, 0) is 9.59 Å². The molecule has 0 aliphatic heterocycles. The number of hydrogen-bond acceptors (Lipinski definition) is 8. The van der Waals surface area contributed by atoms with Crippen molar-refractivity contribution < 1.29 is 23.5 Å². The first-order valence-electron chi connectivity index (χ1n) is 14.9. The number of benzene rings is 4. The van der Waals surface area contributed by atoms with Crippen molar-refractivity contribution in [3.8, 4) is 17.1 Å². The zero-order valence-electron chi connectivity index (χ0n) is 26.0. The van der Waals surface area contributed by atoms with Crippen LogP contribution in [0.2, 0.25) is 0 Å². The Hall–Kier alpha value is -5.65. The van der Waals surface area contributed by atoms with Crippen LogP contribution < -0.4 is 20.7 Å². The Morgan fingerprint density at radius 3 is 2.42 bits per heavy atom. The molecule has 0 atom stereocenters. The van der Waals surface area contributed by atoms with Gasteiger partial charge in [0.15, 0.2) is 5.13 Å². The minimum absolute atomic E-state index is 0.0112. The number of carbonyl (C=O) groups excluding carboxylic acids is 3. The molecule has 2 heterocycles. The average molecular weight is 675 g/mol. The number of methoxy groups -OCH3 is 1. The molecule has 48 heavy (non-hydrogen) atoms. The maximum absolute atomic E-state index is 13.5. The lowest BCUT2D eigenvalue weighted by Crippen LogP contribution is -2.30. The van der Waals surface area contributed by atoms with Crippen molar-refractivity contribution in [3.05, 3.63) is 132 Å². The predicted octanol–water partition coefficient (Wildman–Crippen LogP) is 8.01. The number of hydrogen-bond donors (Lipinski definition) is 3. The molecule has 0 saturated carbocycles. The van der Waals surface area contributed by atoms with Gasteiger partial charge in [0.1, 0.15) is 23.0 Å². The van der Waals surface area contributed by atoms with E-state index in [1.165, 1.54) is 29.2 Å². The lowest BCUT2D eigenvalue weighted by Gasteiger charge is -2.11. The number of thiazole rings is 1. The molecule has 240 valence electrons. The van der Waals surface area contributed by atoms with Gasteiger partial charge in [-0.1, -0.05) is 59.4 Å². The molecule has 9 nitrogen and oxygen atoms in total. The van der Waals surface area contributed by atoms with Crippen LogP contribution in [-0.4, -0.2) is 35.6 Å². The topological polar surface area (TPSA) is 123 Å². The average Bonchev–Trinajstić information content (AvgIpc) is 3.74. The maximum atomic E-state index is 13.5. The number of carbonyl (C=O) groups is 3. The van der Waals surface area contributed by atoms with Crippen LogP contribution in [0.15, 0.2) is 124 Å². The van der Waals surface area contributed by atoms with Crippen LogP contribution in [0, 0.1) is 6.92 Å². The van der Waals surface area contributed by atoms with Gasteiger partial charge < -0.3 is 25.1 Å². The Labute approximate surface area is 285 Å². The van der Waals surface area contributed by atoms with Gasteiger partial charge in [-0.15, -0.1) is 11.8 Å². The normalized spacial score (nSPS) is 11.2. The molecule has 3 amide bonds. The van der Waals surface area contributed by atoms with Gasteiger partial charge in [-0.2, -0.15) is 0 Å². The lowest BCUT2D eigenvalue weighted by molar-refractivity contribution is -0.114. The fourth-order valence-electron chi connectivity index (χ4n) is 4.61. The number of aromatic nitrogens is 1. The second-order valence-corrected chi connectivity index (χ2v) is 12.7. The number of thioether (sulfide) groups is 1. The molecule has 0 aliphatic carbocycles. The first kappa shape index (κ1) is 32.3. The van der Waals surface area contributed by atoms with Gasteiger partial charge in [-0.3, -0.25) is 14.4 Å². The number of fused-ring (bicyclic) bond motifs is 1. The van der Waals surface area contributed by atoms with E-state index in [2.05, 4.69) is 20.9 Å². The van der Waals surface area contributed by atoms with Gasteiger partial charge in [-0.05, 0) is 73.7 Å². The molecule has 4 aromatic carbocycles. The Bertz CT molecular complexity index is 2100. The Morgan fingerprint density at radius 2 is 1.67 bits per heavy atom. The number of nitrogens with one attached hydrogen (secondary N) is 3. The zero-order chi connectivity index (χ0) is 33.5. The third-order valence-electron chi connectivity index (χ3n) is 7.10. The minimum atomic E-state index is -0.527. The summed E-state index contributed by atoms with van der Waals surface area (Å²) < 4.78 is 12.2. The van der Waals surface area contributed by atoms with Crippen LogP contribution in [0.25, 0.3) is 27.6 Å². The van der Waals surface area contributed by atoms with E-state index in [1.807, 2.05) is 73.7 Å². The third-order valence-corrected chi connectivity index (χ3v) is 9.05. The lowest BCUT2D eigenvalue weighted by atomic mass is 10.1. The van der Waals surface area contributed by atoms with E-state index >= 15 is 0 Å². The van der Waals surface area contributed by atoms with Gasteiger partial charge in [0, 0.05) is 27.8 Å². The third kappa shape index (κ3) is 8.19. The SMILES string of the molecule is COc1ccc2nc(NC(=O)CSc3ccc(NC(=O)/C(=C/c4ccc(-c5ccc(C)cc5)o4)NC(=O)c4ccccc4)cc3)sc2c1. The van der Waals surface area contributed by atoms with Crippen molar-refractivity contribution in [2.75, 3.05) is 23.5 Å². The predicted molar refractivity (Wildman–Crippen MR) is 191 cm³/mol. The summed E-state index contributed by atoms with van der Waals surface area (Å²) in [7, 11) is 1.61. The van der Waals surface area contributed by atoms with Crippen molar-refractivity contribution in [1.29, 1.82) is 0 Å². The molecule has 0 fully saturated rings. The summed E-state index contributed by atoms with van der Waals surface area (Å²) in [5.74, 6) is 0.803. The molecule has 0 aliphatic rings. The number of rotatable bonds is 11. The second-order valence-electron chi connectivity index (χ2n) is 10.6. The summed E-state index contributed by atoms with van der Waals surface area (Å²) in [5.41, 5.74) is 3.75. The van der Waals surface area contributed by atoms with Crippen molar-refractivity contribution in [2.24, 2.45) is 0 Å². The number of anilines is 2. The summed E-state index contributed by atoms with van der Waals surface area (Å²) in [6, 6.07) is 32.8. The fourth-order valence-corrected chi connectivity index (χ4v) is 6.22. The van der Waals surface area contributed by atoms with Crippen LogP contribution in [0.5, 0.6) is 5.75 Å². The van der Waals surface area contributed by atoms with Crippen LogP contribution >= 0.6 is 23.1 Å². The van der Waals surface area contributed by atoms with Crippen molar-refractivity contribution in [1.82, 2.24) is 10.3 Å². The molecule has 6 rings (SSSR count). The standard InChI is InChI=1S/C37H30N4O5S2/c1-23-8-10-24(11-9-23)32-19-15-28(46-32)20-31(39-35(43)25-6-4-3-5-7-25)36(44)38-26-12-16-29(17-13-26)47-22-34(42)41-37-40-30-18-14-27(45-2)21-33(30)48-37/h3-21H,22H2,1-2H3,(H,38,44)(H,39,43)(H,40,41,42)/b31-20-. The van der Waals surface area contributed by atoms with Gasteiger partial charge in [0.05, 0.1) is 23.1 Å². The summed E-state index contributed by atoms with van der Waals surface area (Å²) in [6.45, 7) is 2.01. The van der Waals surface area contributed by atoms with E-state index in [-0.39, 0.29) is 17.4 Å². The quantitative estimate of drug-likeness (QED) is 0.0940. The molecule has 0 spiro atoms. The highest BCUT2D eigenvalue weighted by Gasteiger charge is 2.17. The van der Waals surface area contributed by atoms with Crippen LogP contribution in [0.4, 0.5) is 10.8 Å². The fraction of sp³-hybridized carbons (Fsp3) is 0.0811. The molecule has 2 aromatic heterocycles. The Morgan fingerprint density at radius 1 is 0.896 bits per heavy atom. The van der Waals surface area contributed by atoms with Crippen LogP contribution in [0.1, 0.15) is 21.7 Å². The molecular formula is C37H30N4O5S2. The molecule has 0 saturated heterocycles. The van der Waals surface area contributed by atoms with E-state index in [0.717, 1.165) is 32.0 Å². The van der Waals surface area contributed by atoms with Gasteiger partial charge in [0.2, 0.25) is 5.91 Å². The van der Waals surface area contributed by atoms with Crippen molar-refractivity contribution in [3.63, 3.8) is 0 Å². The second kappa shape index (κ2) is 14.8. The number of nitrogens with zero attached hydrogens (tertiary/aromatic N) is 1. The number of furan rings is 1. The molecule has 0 radical (unpaired) electrons. The number of ether oxygens (including phenoxy) is 1. The molecule has 0 unspecified atom stereocenters. The highest BCUT2D eigenvalue weighted by molar-refractivity contribution is 8.00. The first-order chi connectivity index (χ1) is 23.3. The smallest absolute Gasteiger partial charge is 0.272 e. The number of aryl methyl sites for hydroxylation is 1. The highest BCUT2D eigenvalue weighted by atomic mass is 32.2. The van der Waals surface area contributed by atoms with E-state index in [4.69, 9.17) is 9.15 Å². The Balaban J connectivity index is 1.10. The minimum Gasteiger partial charge on any atom is -0.497 e. The van der Waals surface area contributed by atoms with Crippen molar-refractivity contribution in [2.45, 2.75) is 11.8 Å². The van der Waals surface area contributed by atoms with Gasteiger partial charge in [-0.25, -0.2) is 4.98 Å². The summed E-state index contributed by atoms with van der Waals surface area (Å²) in [4.78, 5) is 44.4. The van der Waals surface area contributed by atoms with Gasteiger partial charge >= 0.3 is 0 Å². The van der Waals surface area contributed by atoms with E-state index in [1.54, 1.807) is 49.6 Å². The van der Waals surface area contributed by atoms with E-state index in [9.17, 15) is 14.4 Å². The number of amides is 3. The van der Waals surface area contributed by atoms with E-state index < -0.39 is 11.8 Å². The first-order valence-corrected chi connectivity index (χ1v) is 16.7. The molecule has 11 heteroatoms. The maximum Gasteiger partial charge on any atom is 0.272 e. The Kier molecular flexibility index (Phi) is 9.99. The summed E-state index contributed by atoms with van der Waals surface area (Å²) >= 11 is 2.74. The van der Waals surface area contributed by atoms with Crippen molar-refractivity contribution >= 4 is 67.9 Å². The summed E-state index contributed by atoms with van der Waals surface area (Å²) in [5, 5.41) is 8.94.